The van der Waals surface area contributed by atoms with E-state index in [1.54, 1.807) is 4.90 Å². The monoisotopic (exact) mass is 287 g/mol. The molecule has 0 spiro atoms. The van der Waals surface area contributed by atoms with Gasteiger partial charge in [-0.25, -0.2) is 4.79 Å². The average molecular weight is 287 g/mol. The number of carbonyl (C=O) groups excluding carboxylic acids is 1. The summed E-state index contributed by atoms with van der Waals surface area (Å²) in [4.78, 5) is 25.5. The Morgan fingerprint density at radius 2 is 1.90 bits per heavy atom. The number of amides is 1. The lowest BCUT2D eigenvalue weighted by molar-refractivity contribution is -0.151. The van der Waals surface area contributed by atoms with Crippen molar-refractivity contribution in [1.29, 1.82) is 0 Å². The number of carboxylic acids is 1. The van der Waals surface area contributed by atoms with Crippen LogP contribution in [0.2, 0.25) is 0 Å². The van der Waals surface area contributed by atoms with E-state index in [4.69, 9.17) is 0 Å². The Morgan fingerprint density at radius 3 is 2.52 bits per heavy atom. The molecule has 1 amide bonds. The first-order valence-corrected chi connectivity index (χ1v) is 7.74. The molecule has 21 heavy (non-hydrogen) atoms. The molecule has 1 aliphatic heterocycles. The summed E-state index contributed by atoms with van der Waals surface area (Å²) in [6, 6.07) is 7.10. The highest BCUT2D eigenvalue weighted by Crippen LogP contribution is 2.31. The molecule has 1 N–H and O–H groups in total. The fourth-order valence-electron chi connectivity index (χ4n) is 3.26. The van der Waals surface area contributed by atoms with E-state index in [2.05, 4.69) is 0 Å². The van der Waals surface area contributed by atoms with Crippen molar-refractivity contribution in [3.05, 3.63) is 35.4 Å². The minimum Gasteiger partial charge on any atom is -0.480 e. The lowest BCUT2D eigenvalue weighted by atomic mass is 9.82. The first kappa shape index (κ1) is 14.1. The van der Waals surface area contributed by atoms with Crippen LogP contribution < -0.4 is 0 Å². The Morgan fingerprint density at radius 1 is 1.19 bits per heavy atom. The van der Waals surface area contributed by atoms with Gasteiger partial charge in [0.05, 0.1) is 0 Å². The molecular weight excluding hydrogens is 266 g/mol. The zero-order chi connectivity index (χ0) is 14.8. The van der Waals surface area contributed by atoms with E-state index < -0.39 is 12.0 Å². The number of fused-ring (bicyclic) bond motifs is 1. The van der Waals surface area contributed by atoms with Crippen LogP contribution in [0, 0.1) is 5.92 Å². The van der Waals surface area contributed by atoms with Crippen LogP contribution in [0.25, 0.3) is 0 Å². The lowest BCUT2D eigenvalue weighted by Crippen LogP contribution is -2.48. The molecule has 1 aliphatic carbocycles. The maximum Gasteiger partial charge on any atom is 0.326 e. The first-order valence-electron chi connectivity index (χ1n) is 7.74. The van der Waals surface area contributed by atoms with Gasteiger partial charge in [0.1, 0.15) is 6.04 Å². The van der Waals surface area contributed by atoms with Crippen molar-refractivity contribution in [1.82, 2.24) is 4.90 Å². The molecular formula is C17H21NO3. The van der Waals surface area contributed by atoms with Crippen molar-refractivity contribution in [3.63, 3.8) is 0 Å². The highest BCUT2D eigenvalue weighted by molar-refractivity contribution is 5.84. The number of carbonyl (C=O) groups is 2. The highest BCUT2D eigenvalue weighted by atomic mass is 16.4. The van der Waals surface area contributed by atoms with Gasteiger partial charge in [-0.05, 0) is 23.5 Å². The van der Waals surface area contributed by atoms with Gasteiger partial charge in [-0.3, -0.25) is 4.79 Å². The molecule has 1 saturated carbocycles. The summed E-state index contributed by atoms with van der Waals surface area (Å²) >= 11 is 0. The summed E-state index contributed by atoms with van der Waals surface area (Å²) in [5.41, 5.74) is 2.12. The molecule has 0 bridgehead atoms. The molecule has 0 saturated heterocycles. The maximum absolute atomic E-state index is 12.4. The predicted octanol–water partition coefficient (Wildman–Crippen LogP) is 2.60. The molecule has 0 aromatic heterocycles. The van der Waals surface area contributed by atoms with E-state index in [-0.39, 0.29) is 5.91 Å². The van der Waals surface area contributed by atoms with E-state index in [1.807, 2.05) is 24.3 Å². The van der Waals surface area contributed by atoms with Crippen LogP contribution in [0.4, 0.5) is 0 Å². The van der Waals surface area contributed by atoms with Gasteiger partial charge in [-0.1, -0.05) is 43.5 Å². The van der Waals surface area contributed by atoms with Gasteiger partial charge < -0.3 is 10.0 Å². The van der Waals surface area contributed by atoms with E-state index in [0.717, 1.165) is 17.5 Å². The zero-order valence-corrected chi connectivity index (χ0v) is 12.1. The molecule has 112 valence electrons. The van der Waals surface area contributed by atoms with Crippen LogP contribution >= 0.6 is 0 Å². The molecule has 2 aliphatic rings. The van der Waals surface area contributed by atoms with Gasteiger partial charge in [0, 0.05) is 19.4 Å². The van der Waals surface area contributed by atoms with Crippen LogP contribution in [-0.4, -0.2) is 27.9 Å². The minimum absolute atomic E-state index is 0.0104. The van der Waals surface area contributed by atoms with Crippen molar-refractivity contribution in [2.45, 2.75) is 51.1 Å². The topological polar surface area (TPSA) is 57.6 Å². The molecule has 1 aromatic rings. The summed E-state index contributed by atoms with van der Waals surface area (Å²) in [6.45, 7) is 0.427. The van der Waals surface area contributed by atoms with Gasteiger partial charge in [0.2, 0.25) is 5.91 Å². The fourth-order valence-corrected chi connectivity index (χ4v) is 3.26. The van der Waals surface area contributed by atoms with E-state index >= 15 is 0 Å². The van der Waals surface area contributed by atoms with Crippen LogP contribution in [0.3, 0.4) is 0 Å². The van der Waals surface area contributed by atoms with Gasteiger partial charge in [0.15, 0.2) is 0 Å². The smallest absolute Gasteiger partial charge is 0.326 e. The number of aliphatic carboxylic acids is 1. The summed E-state index contributed by atoms with van der Waals surface area (Å²) in [6.07, 6.45) is 5.52. The second-order valence-electron chi connectivity index (χ2n) is 6.18. The molecule has 3 rings (SSSR count). The third-order valence-corrected chi connectivity index (χ3v) is 4.85. The van der Waals surface area contributed by atoms with Crippen molar-refractivity contribution in [2.75, 3.05) is 0 Å². The largest absolute Gasteiger partial charge is 0.480 e. The van der Waals surface area contributed by atoms with Gasteiger partial charge >= 0.3 is 5.97 Å². The standard InChI is InChI=1S/C17H21NO3/c19-16(9-8-12-4-3-5-12)18-11-14-7-2-1-6-13(14)10-15(18)17(20)21/h1-2,6-7,12,15H,3-5,8-11H2,(H,20,21). The molecule has 1 atom stereocenters. The van der Waals surface area contributed by atoms with Gasteiger partial charge in [-0.15, -0.1) is 0 Å². The SMILES string of the molecule is O=C(O)C1Cc2ccccc2CN1C(=O)CCC1CCC1. The Labute approximate surface area is 124 Å². The quantitative estimate of drug-likeness (QED) is 0.926. The third kappa shape index (κ3) is 2.94. The molecule has 1 fully saturated rings. The van der Waals surface area contributed by atoms with Crippen molar-refractivity contribution in [2.24, 2.45) is 5.92 Å². The zero-order valence-electron chi connectivity index (χ0n) is 12.1. The van der Waals surface area contributed by atoms with Crippen molar-refractivity contribution >= 4 is 11.9 Å². The van der Waals surface area contributed by atoms with Crippen LogP contribution in [0.1, 0.15) is 43.2 Å². The summed E-state index contributed by atoms with van der Waals surface area (Å²) in [7, 11) is 0. The molecule has 1 heterocycles. The Hall–Kier alpha value is -1.84. The normalized spacial score (nSPS) is 21.5. The number of benzene rings is 1. The van der Waals surface area contributed by atoms with Gasteiger partial charge in [0.25, 0.3) is 0 Å². The number of carboxylic acid groups (broad SMARTS) is 1. The number of hydrogen-bond acceptors (Lipinski definition) is 2. The second kappa shape index (κ2) is 5.88. The molecule has 4 nitrogen and oxygen atoms in total. The van der Waals surface area contributed by atoms with E-state index in [1.165, 1.54) is 19.3 Å². The van der Waals surface area contributed by atoms with Gasteiger partial charge in [-0.2, -0.15) is 0 Å². The van der Waals surface area contributed by atoms with Crippen LogP contribution in [-0.2, 0) is 22.6 Å². The van der Waals surface area contributed by atoms with E-state index in [0.29, 0.717) is 25.3 Å². The Kier molecular flexibility index (Phi) is 3.95. The molecule has 0 radical (unpaired) electrons. The number of hydrogen-bond donors (Lipinski definition) is 1. The van der Waals surface area contributed by atoms with Crippen molar-refractivity contribution < 1.29 is 14.7 Å². The number of rotatable bonds is 4. The third-order valence-electron chi connectivity index (χ3n) is 4.85. The molecule has 4 heteroatoms. The van der Waals surface area contributed by atoms with Crippen LogP contribution in [0.15, 0.2) is 24.3 Å². The first-order chi connectivity index (χ1) is 10.1. The Bertz CT molecular complexity index is 551. The van der Waals surface area contributed by atoms with E-state index in [9.17, 15) is 14.7 Å². The fraction of sp³-hybridized carbons (Fsp3) is 0.529. The summed E-state index contributed by atoms with van der Waals surface area (Å²) in [5, 5.41) is 9.42. The average Bonchev–Trinajstić information content (AvgIpc) is 2.44. The molecule has 1 unspecified atom stereocenters. The highest BCUT2D eigenvalue weighted by Gasteiger charge is 2.34. The van der Waals surface area contributed by atoms with Crippen molar-refractivity contribution in [3.8, 4) is 0 Å². The van der Waals surface area contributed by atoms with Crippen LogP contribution in [0.5, 0.6) is 0 Å². The Balaban J connectivity index is 1.72. The summed E-state index contributed by atoms with van der Waals surface area (Å²) in [5.74, 6) is -0.236. The molecule has 1 aromatic carbocycles. The lowest BCUT2D eigenvalue weighted by Gasteiger charge is -2.35. The summed E-state index contributed by atoms with van der Waals surface area (Å²) < 4.78 is 0. The predicted molar refractivity (Wildman–Crippen MR) is 78.7 cm³/mol. The second-order valence-corrected chi connectivity index (χ2v) is 6.18. The number of nitrogens with zero attached hydrogens (tertiary/aromatic N) is 1. The maximum atomic E-state index is 12.4. The minimum atomic E-state index is -0.901.